The van der Waals surface area contributed by atoms with Gasteiger partial charge in [0.05, 0.1) is 5.69 Å². The van der Waals surface area contributed by atoms with Crippen molar-refractivity contribution in [3.8, 4) is 5.69 Å². The molecule has 1 aromatic heterocycles. The van der Waals surface area contributed by atoms with E-state index in [2.05, 4.69) is 56.1 Å². The maximum Gasteiger partial charge on any atom is 0.229 e. The highest BCUT2D eigenvalue weighted by Gasteiger charge is 2.16. The third-order valence-corrected chi connectivity index (χ3v) is 3.00. The summed E-state index contributed by atoms with van der Waals surface area (Å²) in [6, 6.07) is 6.27. The van der Waals surface area contributed by atoms with Gasteiger partial charge in [0.2, 0.25) is 5.28 Å². The summed E-state index contributed by atoms with van der Waals surface area (Å²) in [6.07, 6.45) is 0. The predicted molar refractivity (Wildman–Crippen MR) is 69.9 cm³/mol. The van der Waals surface area contributed by atoms with E-state index in [9.17, 15) is 0 Å². The van der Waals surface area contributed by atoms with Gasteiger partial charge in [0, 0.05) is 5.92 Å². The molecule has 3 nitrogen and oxygen atoms in total. The number of hydrogen-bond donors (Lipinski definition) is 0. The second-order valence-electron chi connectivity index (χ2n) is 4.61. The molecular formula is C13H16ClN3. The van der Waals surface area contributed by atoms with Crippen LogP contribution in [0.4, 0.5) is 0 Å². The summed E-state index contributed by atoms with van der Waals surface area (Å²) in [5.41, 5.74) is 3.46. The minimum atomic E-state index is 0.288. The topological polar surface area (TPSA) is 30.7 Å². The van der Waals surface area contributed by atoms with Gasteiger partial charge in [-0.3, -0.25) is 4.57 Å². The Bertz CT molecular complexity index is 544. The van der Waals surface area contributed by atoms with Crippen molar-refractivity contribution in [2.24, 2.45) is 0 Å². The smallest absolute Gasteiger partial charge is 0.229 e. The van der Waals surface area contributed by atoms with Gasteiger partial charge < -0.3 is 0 Å². The van der Waals surface area contributed by atoms with E-state index in [1.165, 1.54) is 11.1 Å². The Morgan fingerprint density at radius 1 is 1.18 bits per heavy atom. The summed E-state index contributed by atoms with van der Waals surface area (Å²) in [6.45, 7) is 8.32. The van der Waals surface area contributed by atoms with Crippen LogP contribution in [0, 0.1) is 13.8 Å². The second kappa shape index (κ2) is 4.49. The number of hydrogen-bond acceptors (Lipinski definition) is 2. The molecule has 0 bridgehead atoms. The first kappa shape index (κ1) is 12.1. The van der Waals surface area contributed by atoms with E-state index in [0.717, 1.165) is 11.5 Å². The molecule has 0 spiro atoms. The lowest BCUT2D eigenvalue weighted by atomic mass is 10.1. The third-order valence-electron chi connectivity index (χ3n) is 2.76. The van der Waals surface area contributed by atoms with Gasteiger partial charge in [-0.15, -0.1) is 10.2 Å². The Kier molecular flexibility index (Phi) is 3.20. The fourth-order valence-corrected chi connectivity index (χ4v) is 2.14. The Balaban J connectivity index is 2.63. The van der Waals surface area contributed by atoms with Crippen LogP contribution in [-0.4, -0.2) is 14.8 Å². The van der Waals surface area contributed by atoms with Gasteiger partial charge in [0.25, 0.3) is 0 Å². The van der Waals surface area contributed by atoms with Crippen LogP contribution in [-0.2, 0) is 0 Å². The lowest BCUT2D eigenvalue weighted by Crippen LogP contribution is -2.05. The largest absolute Gasteiger partial charge is 0.269 e. The summed E-state index contributed by atoms with van der Waals surface area (Å²) in [4.78, 5) is 0. The summed E-state index contributed by atoms with van der Waals surface area (Å²) in [7, 11) is 0. The van der Waals surface area contributed by atoms with Crippen molar-refractivity contribution in [1.29, 1.82) is 0 Å². The van der Waals surface area contributed by atoms with Crippen LogP contribution in [0.1, 0.15) is 36.7 Å². The number of rotatable bonds is 2. The molecule has 0 unspecified atom stereocenters. The fraction of sp³-hybridized carbons (Fsp3) is 0.385. The Morgan fingerprint density at radius 2 is 1.88 bits per heavy atom. The number of benzene rings is 1. The molecule has 1 aromatic carbocycles. The predicted octanol–water partition coefficient (Wildman–Crippen LogP) is 3.66. The summed E-state index contributed by atoms with van der Waals surface area (Å²) < 4.78 is 1.92. The second-order valence-corrected chi connectivity index (χ2v) is 4.95. The van der Waals surface area contributed by atoms with E-state index in [1.54, 1.807) is 0 Å². The van der Waals surface area contributed by atoms with Crippen LogP contribution in [0.5, 0.6) is 0 Å². The maximum absolute atomic E-state index is 6.12. The number of halogens is 1. The van der Waals surface area contributed by atoms with Gasteiger partial charge in [-0.1, -0.05) is 31.5 Å². The molecule has 2 aromatic rings. The fourth-order valence-electron chi connectivity index (χ4n) is 1.93. The minimum Gasteiger partial charge on any atom is -0.269 e. The first-order valence-corrected chi connectivity index (χ1v) is 6.07. The molecule has 0 amide bonds. The van der Waals surface area contributed by atoms with Crippen molar-refractivity contribution in [2.45, 2.75) is 33.6 Å². The highest BCUT2D eigenvalue weighted by Crippen LogP contribution is 2.24. The maximum atomic E-state index is 6.12. The number of aromatic nitrogens is 3. The summed E-state index contributed by atoms with van der Waals surface area (Å²) >= 11 is 6.12. The standard InChI is InChI=1S/C13H16ClN3/c1-8(2)12-15-16-13(14)17(12)11-6-5-9(3)7-10(11)4/h5-8H,1-4H3. The average molecular weight is 250 g/mol. The van der Waals surface area contributed by atoms with Gasteiger partial charge in [0.1, 0.15) is 5.82 Å². The van der Waals surface area contributed by atoms with Gasteiger partial charge in [-0.05, 0) is 37.1 Å². The van der Waals surface area contributed by atoms with E-state index in [0.29, 0.717) is 5.28 Å². The van der Waals surface area contributed by atoms with E-state index >= 15 is 0 Å². The van der Waals surface area contributed by atoms with E-state index in [-0.39, 0.29) is 5.92 Å². The number of aryl methyl sites for hydroxylation is 2. The molecule has 0 saturated heterocycles. The van der Waals surface area contributed by atoms with Crippen molar-refractivity contribution in [1.82, 2.24) is 14.8 Å². The van der Waals surface area contributed by atoms with Gasteiger partial charge >= 0.3 is 0 Å². The Hall–Kier alpha value is -1.35. The third kappa shape index (κ3) is 2.20. The van der Waals surface area contributed by atoms with Crippen LogP contribution >= 0.6 is 11.6 Å². The number of nitrogens with zero attached hydrogens (tertiary/aromatic N) is 3. The Morgan fingerprint density at radius 3 is 2.47 bits per heavy atom. The molecule has 0 fully saturated rings. The van der Waals surface area contributed by atoms with Crippen LogP contribution < -0.4 is 0 Å². The molecule has 0 aliphatic rings. The van der Waals surface area contributed by atoms with Crippen LogP contribution in [0.3, 0.4) is 0 Å². The van der Waals surface area contributed by atoms with Crippen molar-refractivity contribution < 1.29 is 0 Å². The molecule has 1 heterocycles. The van der Waals surface area contributed by atoms with E-state index in [4.69, 9.17) is 11.6 Å². The monoisotopic (exact) mass is 249 g/mol. The quantitative estimate of drug-likeness (QED) is 0.813. The average Bonchev–Trinajstić information content (AvgIpc) is 2.60. The van der Waals surface area contributed by atoms with Gasteiger partial charge in [-0.25, -0.2) is 0 Å². The first-order valence-electron chi connectivity index (χ1n) is 5.69. The molecular weight excluding hydrogens is 234 g/mol. The molecule has 0 N–H and O–H groups in total. The SMILES string of the molecule is Cc1ccc(-n2c(Cl)nnc2C(C)C)c(C)c1. The van der Waals surface area contributed by atoms with Gasteiger partial charge in [-0.2, -0.15) is 0 Å². The Labute approximate surface area is 106 Å². The molecule has 90 valence electrons. The minimum absolute atomic E-state index is 0.288. The van der Waals surface area contributed by atoms with Crippen LogP contribution in [0.15, 0.2) is 18.2 Å². The normalized spacial score (nSPS) is 11.2. The summed E-state index contributed by atoms with van der Waals surface area (Å²) in [5, 5.41) is 8.51. The zero-order chi connectivity index (χ0) is 12.6. The highest BCUT2D eigenvalue weighted by molar-refractivity contribution is 6.28. The zero-order valence-electron chi connectivity index (χ0n) is 10.5. The zero-order valence-corrected chi connectivity index (χ0v) is 11.3. The molecule has 0 radical (unpaired) electrons. The van der Waals surface area contributed by atoms with Crippen molar-refractivity contribution in [3.05, 3.63) is 40.4 Å². The highest BCUT2D eigenvalue weighted by atomic mass is 35.5. The molecule has 0 atom stereocenters. The van der Waals surface area contributed by atoms with Crippen LogP contribution in [0.25, 0.3) is 5.69 Å². The molecule has 4 heteroatoms. The molecule has 17 heavy (non-hydrogen) atoms. The molecule has 0 saturated carbocycles. The van der Waals surface area contributed by atoms with Gasteiger partial charge in [0.15, 0.2) is 0 Å². The molecule has 0 aliphatic carbocycles. The van der Waals surface area contributed by atoms with Crippen molar-refractivity contribution in [3.63, 3.8) is 0 Å². The molecule has 0 aliphatic heterocycles. The van der Waals surface area contributed by atoms with E-state index in [1.807, 2.05) is 4.57 Å². The van der Waals surface area contributed by atoms with E-state index < -0.39 is 0 Å². The lowest BCUT2D eigenvalue weighted by molar-refractivity contribution is 0.744. The first-order chi connectivity index (χ1) is 8.00. The molecule has 2 rings (SSSR count). The lowest BCUT2D eigenvalue weighted by Gasteiger charge is -2.13. The van der Waals surface area contributed by atoms with Crippen molar-refractivity contribution >= 4 is 11.6 Å². The van der Waals surface area contributed by atoms with Crippen molar-refractivity contribution in [2.75, 3.05) is 0 Å². The summed E-state index contributed by atoms with van der Waals surface area (Å²) in [5.74, 6) is 1.18. The van der Waals surface area contributed by atoms with Crippen LogP contribution in [0.2, 0.25) is 5.28 Å².